The van der Waals surface area contributed by atoms with Crippen molar-refractivity contribution in [2.75, 3.05) is 25.6 Å². The Kier molecular flexibility index (Phi) is 6.37. The Labute approximate surface area is 131 Å². The minimum atomic E-state index is -4.67. The topological polar surface area (TPSA) is 70.6 Å². The van der Waals surface area contributed by atoms with Gasteiger partial charge in [0.05, 0.1) is 11.3 Å². The number of alkyl halides is 3. The van der Waals surface area contributed by atoms with E-state index in [1.807, 2.05) is 0 Å². The molecule has 1 aromatic carbocycles. The monoisotopic (exact) mass is 355 g/mol. The smallest absolute Gasteiger partial charge is 0.355 e. The third-order valence-corrected chi connectivity index (χ3v) is 3.76. The maximum absolute atomic E-state index is 13.0. The summed E-state index contributed by atoms with van der Waals surface area (Å²) < 4.78 is 73.6. The SMILES string of the molecule is CN=C(NCCS(C)(=O)=O)NCc1ccc(F)cc1C(F)(F)F. The van der Waals surface area contributed by atoms with Gasteiger partial charge in [-0.25, -0.2) is 12.8 Å². The molecule has 0 amide bonds. The second kappa shape index (κ2) is 7.62. The molecule has 2 N–H and O–H groups in total. The van der Waals surface area contributed by atoms with Crippen molar-refractivity contribution in [1.29, 1.82) is 0 Å². The van der Waals surface area contributed by atoms with Gasteiger partial charge in [0.1, 0.15) is 15.7 Å². The van der Waals surface area contributed by atoms with E-state index in [9.17, 15) is 26.0 Å². The molecule has 0 unspecified atom stereocenters. The van der Waals surface area contributed by atoms with Gasteiger partial charge < -0.3 is 10.6 Å². The molecular weight excluding hydrogens is 338 g/mol. The molecule has 130 valence electrons. The average molecular weight is 355 g/mol. The number of sulfone groups is 1. The molecule has 0 saturated carbocycles. The predicted octanol–water partition coefficient (Wildman–Crippen LogP) is 1.55. The molecule has 0 aliphatic heterocycles. The Morgan fingerprint density at radius 1 is 1.26 bits per heavy atom. The number of hydrogen-bond donors (Lipinski definition) is 2. The number of nitrogens with zero attached hydrogens (tertiary/aromatic N) is 1. The fourth-order valence-corrected chi connectivity index (χ4v) is 2.19. The maximum Gasteiger partial charge on any atom is 0.416 e. The summed E-state index contributed by atoms with van der Waals surface area (Å²) in [5.41, 5.74) is -1.22. The van der Waals surface area contributed by atoms with Crippen LogP contribution in [0.3, 0.4) is 0 Å². The molecule has 1 rings (SSSR count). The van der Waals surface area contributed by atoms with Gasteiger partial charge in [-0.3, -0.25) is 4.99 Å². The normalized spacial score (nSPS) is 13.0. The van der Waals surface area contributed by atoms with E-state index in [4.69, 9.17) is 0 Å². The molecule has 0 saturated heterocycles. The van der Waals surface area contributed by atoms with Crippen molar-refractivity contribution in [1.82, 2.24) is 10.6 Å². The van der Waals surface area contributed by atoms with Crippen LogP contribution in [0.15, 0.2) is 23.2 Å². The molecule has 5 nitrogen and oxygen atoms in total. The van der Waals surface area contributed by atoms with Crippen molar-refractivity contribution < 1.29 is 26.0 Å². The molecule has 0 bridgehead atoms. The zero-order valence-corrected chi connectivity index (χ0v) is 13.4. The van der Waals surface area contributed by atoms with E-state index in [1.165, 1.54) is 7.05 Å². The van der Waals surface area contributed by atoms with Gasteiger partial charge in [-0.2, -0.15) is 13.2 Å². The lowest BCUT2D eigenvalue weighted by Crippen LogP contribution is -2.39. The van der Waals surface area contributed by atoms with E-state index in [1.54, 1.807) is 0 Å². The minimum absolute atomic E-state index is 0.0635. The van der Waals surface area contributed by atoms with Gasteiger partial charge in [-0.15, -0.1) is 0 Å². The Hall–Kier alpha value is -1.84. The van der Waals surface area contributed by atoms with E-state index >= 15 is 0 Å². The molecule has 1 aromatic rings. The number of aliphatic imine (C=N–C) groups is 1. The molecule has 10 heteroatoms. The summed E-state index contributed by atoms with van der Waals surface area (Å²) in [6.07, 6.45) is -3.61. The van der Waals surface area contributed by atoms with Gasteiger partial charge >= 0.3 is 6.18 Å². The average Bonchev–Trinajstić information content (AvgIpc) is 2.41. The molecule has 0 radical (unpaired) electrons. The first-order valence-electron chi connectivity index (χ1n) is 6.51. The molecule has 0 spiro atoms. The lowest BCUT2D eigenvalue weighted by atomic mass is 10.1. The Morgan fingerprint density at radius 2 is 1.91 bits per heavy atom. The van der Waals surface area contributed by atoms with Gasteiger partial charge in [0, 0.05) is 26.4 Å². The van der Waals surface area contributed by atoms with Crippen LogP contribution in [0, 0.1) is 5.82 Å². The van der Waals surface area contributed by atoms with Crippen LogP contribution < -0.4 is 10.6 Å². The highest BCUT2D eigenvalue weighted by atomic mass is 32.2. The molecule has 0 aromatic heterocycles. The summed E-state index contributed by atoms with van der Waals surface area (Å²) in [5.74, 6) is -0.972. The van der Waals surface area contributed by atoms with Crippen LogP contribution in [0.5, 0.6) is 0 Å². The summed E-state index contributed by atoms with van der Waals surface area (Å²) in [6, 6.07) is 2.40. The Bertz CT molecular complexity index is 672. The number of benzene rings is 1. The first-order chi connectivity index (χ1) is 10.5. The number of hydrogen-bond acceptors (Lipinski definition) is 3. The predicted molar refractivity (Wildman–Crippen MR) is 79.3 cm³/mol. The zero-order chi connectivity index (χ0) is 17.7. The number of guanidine groups is 1. The van der Waals surface area contributed by atoms with Gasteiger partial charge in [0.15, 0.2) is 5.96 Å². The van der Waals surface area contributed by atoms with Crippen molar-refractivity contribution in [2.24, 2.45) is 4.99 Å². The van der Waals surface area contributed by atoms with Gasteiger partial charge in [0.2, 0.25) is 0 Å². The van der Waals surface area contributed by atoms with E-state index < -0.39 is 27.4 Å². The zero-order valence-electron chi connectivity index (χ0n) is 12.5. The van der Waals surface area contributed by atoms with Crippen molar-refractivity contribution in [3.8, 4) is 0 Å². The van der Waals surface area contributed by atoms with Crippen LogP contribution >= 0.6 is 0 Å². The molecule has 0 aliphatic rings. The minimum Gasteiger partial charge on any atom is -0.355 e. The summed E-state index contributed by atoms with van der Waals surface area (Å²) in [6.45, 7) is -0.179. The van der Waals surface area contributed by atoms with Crippen LogP contribution in [0.4, 0.5) is 17.6 Å². The molecule has 0 aliphatic carbocycles. The molecular formula is C13H17F4N3O2S. The third kappa shape index (κ3) is 6.85. The highest BCUT2D eigenvalue weighted by Crippen LogP contribution is 2.32. The highest BCUT2D eigenvalue weighted by molar-refractivity contribution is 7.90. The first kappa shape index (κ1) is 19.2. The number of nitrogens with one attached hydrogen (secondary N) is 2. The molecule has 23 heavy (non-hydrogen) atoms. The third-order valence-electron chi connectivity index (χ3n) is 2.81. The summed E-state index contributed by atoms with van der Waals surface area (Å²) in [4.78, 5) is 3.78. The van der Waals surface area contributed by atoms with E-state index in [0.717, 1.165) is 18.4 Å². The van der Waals surface area contributed by atoms with Crippen molar-refractivity contribution in [2.45, 2.75) is 12.7 Å². The number of rotatable bonds is 5. The van der Waals surface area contributed by atoms with E-state index in [0.29, 0.717) is 6.07 Å². The lowest BCUT2D eigenvalue weighted by Gasteiger charge is -2.15. The summed E-state index contributed by atoms with van der Waals surface area (Å²) >= 11 is 0. The van der Waals surface area contributed by atoms with Crippen LogP contribution in [-0.2, 0) is 22.6 Å². The Morgan fingerprint density at radius 3 is 2.43 bits per heavy atom. The van der Waals surface area contributed by atoms with Crippen molar-refractivity contribution in [3.63, 3.8) is 0 Å². The molecule has 0 atom stereocenters. The fraction of sp³-hybridized carbons (Fsp3) is 0.462. The maximum atomic E-state index is 13.0. The summed E-state index contributed by atoms with van der Waals surface area (Å²) in [5, 5.41) is 5.30. The Balaban J connectivity index is 2.73. The summed E-state index contributed by atoms with van der Waals surface area (Å²) in [7, 11) is -1.77. The molecule has 0 heterocycles. The van der Waals surface area contributed by atoms with Crippen LogP contribution in [-0.4, -0.2) is 40.0 Å². The standard InChI is InChI=1S/C13H17F4N3O2S/c1-18-12(19-5-6-23(2,21)22)20-8-9-3-4-10(14)7-11(9)13(15,16)17/h3-4,7H,5-6,8H2,1-2H3,(H2,18,19,20). The lowest BCUT2D eigenvalue weighted by molar-refractivity contribution is -0.138. The van der Waals surface area contributed by atoms with Gasteiger partial charge in [-0.05, 0) is 17.7 Å². The van der Waals surface area contributed by atoms with E-state index in [-0.39, 0.29) is 30.4 Å². The quantitative estimate of drug-likeness (QED) is 0.478. The fourth-order valence-electron chi connectivity index (χ4n) is 1.72. The van der Waals surface area contributed by atoms with Gasteiger partial charge in [-0.1, -0.05) is 6.07 Å². The van der Waals surface area contributed by atoms with Crippen molar-refractivity contribution >= 4 is 15.8 Å². The first-order valence-corrected chi connectivity index (χ1v) is 8.57. The van der Waals surface area contributed by atoms with E-state index in [2.05, 4.69) is 15.6 Å². The van der Waals surface area contributed by atoms with Gasteiger partial charge in [0.25, 0.3) is 0 Å². The second-order valence-electron chi connectivity index (χ2n) is 4.78. The second-order valence-corrected chi connectivity index (χ2v) is 7.04. The van der Waals surface area contributed by atoms with Crippen LogP contribution in [0.25, 0.3) is 0 Å². The van der Waals surface area contributed by atoms with Crippen LogP contribution in [0.1, 0.15) is 11.1 Å². The van der Waals surface area contributed by atoms with Crippen LogP contribution in [0.2, 0.25) is 0 Å². The largest absolute Gasteiger partial charge is 0.416 e. The highest BCUT2D eigenvalue weighted by Gasteiger charge is 2.33. The van der Waals surface area contributed by atoms with Crippen molar-refractivity contribution in [3.05, 3.63) is 35.1 Å². The molecule has 0 fully saturated rings. The number of halogens is 4.